The van der Waals surface area contributed by atoms with E-state index in [9.17, 15) is 14.7 Å². The summed E-state index contributed by atoms with van der Waals surface area (Å²) in [6.07, 6.45) is 1.31. The molecule has 0 aliphatic rings. The molecule has 0 aliphatic carbocycles. The number of rotatable bonds is 5. The smallest absolute Gasteiger partial charge is 0.245 e. The van der Waals surface area contributed by atoms with Crippen molar-refractivity contribution >= 4 is 11.8 Å². The van der Waals surface area contributed by atoms with Crippen molar-refractivity contribution in [3.8, 4) is 5.75 Å². The van der Waals surface area contributed by atoms with E-state index in [1.54, 1.807) is 18.2 Å². The number of carbonyl (C=O) groups is 2. The Bertz CT molecular complexity index is 461. The number of aromatic hydroxyl groups is 1. The minimum absolute atomic E-state index is 0.0313. The molecular formula is C13H14N2O3. The fourth-order valence-corrected chi connectivity index (χ4v) is 1.33. The second kappa shape index (κ2) is 6.24. The molecule has 1 rings (SSSR count). The van der Waals surface area contributed by atoms with Crippen molar-refractivity contribution in [2.45, 2.75) is 6.17 Å². The standard InChI is InChI=1S/C13H14N2O3/c1-3-11(17)14-13(15-12(18)4-2)9-7-5-6-8-10(9)16/h3-8,13,16H,1-2H2,(H,14,17)(H,15,18). The third-order valence-corrected chi connectivity index (χ3v) is 2.19. The van der Waals surface area contributed by atoms with Crippen LogP contribution >= 0.6 is 0 Å². The van der Waals surface area contributed by atoms with Crippen molar-refractivity contribution in [2.75, 3.05) is 0 Å². The van der Waals surface area contributed by atoms with Gasteiger partial charge in [-0.1, -0.05) is 31.4 Å². The van der Waals surface area contributed by atoms with E-state index >= 15 is 0 Å². The van der Waals surface area contributed by atoms with E-state index in [1.807, 2.05) is 0 Å². The van der Waals surface area contributed by atoms with Gasteiger partial charge in [-0.05, 0) is 18.2 Å². The van der Waals surface area contributed by atoms with Gasteiger partial charge in [-0.2, -0.15) is 0 Å². The molecule has 2 amide bonds. The first-order valence-electron chi connectivity index (χ1n) is 5.22. The number of hydrogen-bond acceptors (Lipinski definition) is 3. The van der Waals surface area contributed by atoms with Crippen molar-refractivity contribution in [3.63, 3.8) is 0 Å². The van der Waals surface area contributed by atoms with Gasteiger partial charge in [-0.15, -0.1) is 0 Å². The Labute approximate surface area is 105 Å². The number of carbonyl (C=O) groups excluding carboxylic acids is 2. The Kier molecular flexibility index (Phi) is 4.68. The van der Waals surface area contributed by atoms with Crippen LogP contribution in [-0.2, 0) is 9.59 Å². The fraction of sp³-hybridized carbons (Fsp3) is 0.0769. The molecule has 1 aromatic carbocycles. The van der Waals surface area contributed by atoms with Crippen LogP contribution in [0.5, 0.6) is 5.75 Å². The largest absolute Gasteiger partial charge is 0.508 e. The molecule has 5 heteroatoms. The summed E-state index contributed by atoms with van der Waals surface area (Å²) < 4.78 is 0. The summed E-state index contributed by atoms with van der Waals surface area (Å²) in [5.74, 6) is -0.962. The van der Waals surface area contributed by atoms with Crippen molar-refractivity contribution < 1.29 is 14.7 Å². The van der Waals surface area contributed by atoms with E-state index in [0.29, 0.717) is 5.56 Å². The van der Waals surface area contributed by atoms with Crippen LogP contribution in [0.25, 0.3) is 0 Å². The van der Waals surface area contributed by atoms with Gasteiger partial charge in [0.25, 0.3) is 0 Å². The highest BCUT2D eigenvalue weighted by molar-refractivity contribution is 5.90. The van der Waals surface area contributed by atoms with E-state index in [2.05, 4.69) is 23.8 Å². The molecule has 0 saturated carbocycles. The third-order valence-electron chi connectivity index (χ3n) is 2.19. The van der Waals surface area contributed by atoms with E-state index in [0.717, 1.165) is 12.2 Å². The van der Waals surface area contributed by atoms with Gasteiger partial charge in [-0.3, -0.25) is 9.59 Å². The van der Waals surface area contributed by atoms with Crippen molar-refractivity contribution in [2.24, 2.45) is 0 Å². The maximum atomic E-state index is 11.3. The Hall–Kier alpha value is -2.56. The maximum absolute atomic E-state index is 11.3. The molecule has 0 heterocycles. The molecule has 0 fully saturated rings. The first-order valence-corrected chi connectivity index (χ1v) is 5.22. The lowest BCUT2D eigenvalue weighted by atomic mass is 10.1. The number of nitrogens with one attached hydrogen (secondary N) is 2. The van der Waals surface area contributed by atoms with Gasteiger partial charge in [0.15, 0.2) is 0 Å². The van der Waals surface area contributed by atoms with Gasteiger partial charge >= 0.3 is 0 Å². The summed E-state index contributed by atoms with van der Waals surface area (Å²) in [6.45, 7) is 6.64. The topological polar surface area (TPSA) is 78.4 Å². The summed E-state index contributed by atoms with van der Waals surface area (Å²) in [6, 6.07) is 6.37. The average Bonchev–Trinajstić information content (AvgIpc) is 2.38. The van der Waals surface area contributed by atoms with Crippen LogP contribution in [0.15, 0.2) is 49.6 Å². The minimum atomic E-state index is -0.845. The van der Waals surface area contributed by atoms with Crippen LogP contribution in [0, 0.1) is 0 Å². The quantitative estimate of drug-likeness (QED) is 0.535. The predicted octanol–water partition coefficient (Wildman–Crippen LogP) is 0.995. The van der Waals surface area contributed by atoms with Crippen LogP contribution in [-0.4, -0.2) is 16.9 Å². The molecular weight excluding hydrogens is 232 g/mol. The van der Waals surface area contributed by atoms with Crippen LogP contribution in [0.2, 0.25) is 0 Å². The lowest BCUT2D eigenvalue weighted by molar-refractivity contribution is -0.119. The van der Waals surface area contributed by atoms with E-state index < -0.39 is 18.0 Å². The Morgan fingerprint density at radius 3 is 2.06 bits per heavy atom. The Balaban J connectivity index is 2.99. The van der Waals surface area contributed by atoms with Crippen molar-refractivity contribution in [1.29, 1.82) is 0 Å². The van der Waals surface area contributed by atoms with Crippen LogP contribution in [0.1, 0.15) is 11.7 Å². The number of phenolic OH excluding ortho intramolecular Hbond substituents is 1. The van der Waals surface area contributed by atoms with Gasteiger partial charge in [0, 0.05) is 5.56 Å². The van der Waals surface area contributed by atoms with Gasteiger partial charge in [0.2, 0.25) is 11.8 Å². The lowest BCUT2D eigenvalue weighted by Gasteiger charge is -2.20. The first-order chi connectivity index (χ1) is 8.58. The summed E-state index contributed by atoms with van der Waals surface area (Å²) in [4.78, 5) is 22.6. The predicted molar refractivity (Wildman–Crippen MR) is 67.5 cm³/mol. The third kappa shape index (κ3) is 3.48. The summed E-state index contributed by atoms with van der Waals surface area (Å²) in [7, 11) is 0. The molecule has 3 N–H and O–H groups in total. The van der Waals surface area contributed by atoms with Crippen molar-refractivity contribution in [3.05, 3.63) is 55.1 Å². The maximum Gasteiger partial charge on any atom is 0.245 e. The van der Waals surface area contributed by atoms with E-state index in [1.165, 1.54) is 6.07 Å². The Morgan fingerprint density at radius 2 is 1.61 bits per heavy atom. The highest BCUT2D eigenvalue weighted by Crippen LogP contribution is 2.21. The van der Waals surface area contributed by atoms with Crippen LogP contribution < -0.4 is 10.6 Å². The highest BCUT2D eigenvalue weighted by atomic mass is 16.3. The number of phenols is 1. The molecule has 1 aromatic rings. The molecule has 0 atom stereocenters. The molecule has 0 radical (unpaired) electrons. The number of hydrogen-bond donors (Lipinski definition) is 3. The zero-order chi connectivity index (χ0) is 13.5. The second-order valence-corrected chi connectivity index (χ2v) is 3.42. The first kappa shape index (κ1) is 13.5. The zero-order valence-electron chi connectivity index (χ0n) is 9.72. The number of amides is 2. The molecule has 18 heavy (non-hydrogen) atoms. The van der Waals surface area contributed by atoms with Gasteiger partial charge in [-0.25, -0.2) is 0 Å². The van der Waals surface area contributed by atoms with Crippen molar-refractivity contribution in [1.82, 2.24) is 10.6 Å². The average molecular weight is 246 g/mol. The molecule has 0 spiro atoms. The minimum Gasteiger partial charge on any atom is -0.508 e. The Morgan fingerprint density at radius 1 is 1.11 bits per heavy atom. The number of para-hydroxylation sites is 1. The summed E-state index contributed by atoms with van der Waals surface area (Å²) in [5, 5.41) is 14.7. The van der Waals surface area contributed by atoms with E-state index in [4.69, 9.17) is 0 Å². The summed E-state index contributed by atoms with van der Waals surface area (Å²) >= 11 is 0. The zero-order valence-corrected chi connectivity index (χ0v) is 9.72. The molecule has 5 nitrogen and oxygen atoms in total. The van der Waals surface area contributed by atoms with Gasteiger partial charge < -0.3 is 15.7 Å². The second-order valence-electron chi connectivity index (χ2n) is 3.42. The molecule has 0 unspecified atom stereocenters. The molecule has 0 aliphatic heterocycles. The monoisotopic (exact) mass is 246 g/mol. The lowest BCUT2D eigenvalue weighted by Crippen LogP contribution is -2.39. The SMILES string of the molecule is C=CC(=O)NC(NC(=O)C=C)c1ccccc1O. The summed E-state index contributed by atoms with van der Waals surface area (Å²) in [5.41, 5.74) is 0.378. The van der Waals surface area contributed by atoms with Gasteiger partial charge in [0.05, 0.1) is 0 Å². The molecule has 94 valence electrons. The molecule has 0 aromatic heterocycles. The fourth-order valence-electron chi connectivity index (χ4n) is 1.33. The normalized spacial score (nSPS) is 9.61. The van der Waals surface area contributed by atoms with Crippen LogP contribution in [0.4, 0.5) is 0 Å². The highest BCUT2D eigenvalue weighted by Gasteiger charge is 2.17. The molecule has 0 bridgehead atoms. The van der Waals surface area contributed by atoms with E-state index in [-0.39, 0.29) is 5.75 Å². The van der Waals surface area contributed by atoms with Crippen LogP contribution in [0.3, 0.4) is 0 Å². The van der Waals surface area contributed by atoms with Gasteiger partial charge in [0.1, 0.15) is 11.9 Å². The molecule has 0 saturated heterocycles. The number of benzene rings is 1.